The number of nitrogens with zero attached hydrogens (tertiary/aromatic N) is 4. The van der Waals surface area contributed by atoms with Crippen LogP contribution in [-0.2, 0) is 19.2 Å². The Labute approximate surface area is 432 Å². The summed E-state index contributed by atoms with van der Waals surface area (Å²) in [6, 6.07) is 32.3. The van der Waals surface area contributed by atoms with Crippen molar-refractivity contribution in [3.8, 4) is 43.7 Å². The predicted molar refractivity (Wildman–Crippen MR) is 284 cm³/mol. The minimum atomic E-state index is -1.82. The van der Waals surface area contributed by atoms with E-state index < -0.39 is 23.9 Å². The number of aliphatic carboxylic acids is 4. The van der Waals surface area contributed by atoms with Gasteiger partial charge in [0.15, 0.2) is 0 Å². The minimum Gasteiger partial charge on any atom is -0.473 e. The fourth-order valence-electron chi connectivity index (χ4n) is 7.63. The quantitative estimate of drug-likeness (QED) is 0.0443. The van der Waals surface area contributed by atoms with Gasteiger partial charge in [0.2, 0.25) is 0 Å². The van der Waals surface area contributed by atoms with E-state index in [9.17, 15) is 9.59 Å². The van der Waals surface area contributed by atoms with Gasteiger partial charge in [0, 0.05) is 57.2 Å². The summed E-state index contributed by atoms with van der Waals surface area (Å²) < 4.78 is 0. The van der Waals surface area contributed by atoms with Crippen LogP contribution in [0.4, 0.5) is 0 Å². The summed E-state index contributed by atoms with van der Waals surface area (Å²) >= 11 is 3.29. The first-order valence-electron chi connectivity index (χ1n) is 23.9. The summed E-state index contributed by atoms with van der Waals surface area (Å²) in [5, 5.41) is 41.8. The Kier molecular flexibility index (Phi) is 24.5. The summed E-state index contributed by atoms with van der Waals surface area (Å²) in [5.74, 6) is -7.30. The maximum absolute atomic E-state index is 12.4. The van der Waals surface area contributed by atoms with Crippen molar-refractivity contribution >= 4 is 58.4 Å². The molecular formula is C54H64N6O11S2. The van der Waals surface area contributed by atoms with Gasteiger partial charge in [0.1, 0.15) is 10.0 Å². The topological polar surface area (TPSA) is 271 Å². The molecule has 2 aliphatic rings. The molecule has 0 aliphatic carbocycles. The highest BCUT2D eigenvalue weighted by molar-refractivity contribution is 7.13. The molecule has 0 unspecified atom stereocenters. The average molecular weight is 1040 g/mol. The highest BCUT2D eigenvalue weighted by Crippen LogP contribution is 2.31. The number of carbonyl (C=O) groups excluding carboxylic acids is 2. The van der Waals surface area contributed by atoms with Gasteiger partial charge >= 0.3 is 23.9 Å². The standard InChI is InChI=1S/2C25H29N3OS.2C2H2O4.H2O/c2*1-19-6-8-22(9-7-19)25-27-23(18-30-25)20-10-12-21(13-11-20)24(29)26-14-5-17-28-15-3-2-4-16-28;2*3-1(4)2(5)6;/h2*6-13,18H,2-5,14-17H2,1H3,(H,26,29);2*(H,3,4)(H,5,6);1H2. The van der Waals surface area contributed by atoms with Crippen molar-refractivity contribution in [3.63, 3.8) is 0 Å². The summed E-state index contributed by atoms with van der Waals surface area (Å²) in [6.45, 7) is 12.6. The number of nitrogens with one attached hydrogen (secondary N) is 2. The van der Waals surface area contributed by atoms with E-state index in [-0.39, 0.29) is 17.3 Å². The first kappa shape index (κ1) is 58.4. The molecule has 0 radical (unpaired) electrons. The molecule has 6 aromatic rings. The van der Waals surface area contributed by atoms with Crippen LogP contribution in [-0.4, -0.2) is 134 Å². The van der Waals surface area contributed by atoms with Crippen LogP contribution in [0.1, 0.15) is 83.2 Å². The number of piperidine rings is 2. The lowest BCUT2D eigenvalue weighted by Crippen LogP contribution is -2.33. The Balaban J connectivity index is 0.000000256. The number of carboxylic acid groups (broad SMARTS) is 4. The van der Waals surface area contributed by atoms with E-state index in [1.165, 1.54) is 75.8 Å². The van der Waals surface area contributed by atoms with Crippen molar-refractivity contribution < 1.29 is 54.7 Å². The van der Waals surface area contributed by atoms with Crippen LogP contribution in [0.2, 0.25) is 0 Å². The van der Waals surface area contributed by atoms with Crippen LogP contribution in [0.5, 0.6) is 0 Å². The molecule has 0 saturated carbocycles. The molecule has 17 nitrogen and oxygen atoms in total. The number of aromatic nitrogens is 2. The second kappa shape index (κ2) is 30.7. The van der Waals surface area contributed by atoms with Crippen LogP contribution in [0.15, 0.2) is 108 Å². The van der Waals surface area contributed by atoms with Crippen molar-refractivity contribution in [2.75, 3.05) is 52.4 Å². The highest BCUT2D eigenvalue weighted by atomic mass is 32.1. The van der Waals surface area contributed by atoms with Crippen LogP contribution in [0.25, 0.3) is 43.7 Å². The van der Waals surface area contributed by atoms with Gasteiger partial charge in [-0.1, -0.05) is 96.8 Å². The molecule has 19 heteroatoms. The number of aryl methyl sites for hydroxylation is 2. The van der Waals surface area contributed by atoms with Gasteiger partial charge in [-0.05, 0) is 116 Å². The summed E-state index contributed by atoms with van der Waals surface area (Å²) in [7, 11) is 0. The summed E-state index contributed by atoms with van der Waals surface area (Å²) in [6.07, 6.45) is 9.96. The first-order valence-corrected chi connectivity index (χ1v) is 25.6. The third kappa shape index (κ3) is 20.1. The summed E-state index contributed by atoms with van der Waals surface area (Å²) in [4.78, 5) is 75.8. The number of hydrogen-bond donors (Lipinski definition) is 6. The van der Waals surface area contributed by atoms with Crippen molar-refractivity contribution in [2.45, 2.75) is 65.2 Å². The molecule has 2 aromatic heterocycles. The molecular weight excluding hydrogens is 973 g/mol. The summed E-state index contributed by atoms with van der Waals surface area (Å²) in [5.41, 5.74) is 10.1. The lowest BCUT2D eigenvalue weighted by atomic mass is 10.1. The Bertz CT molecular complexity index is 2470. The number of thiazole rings is 2. The van der Waals surface area contributed by atoms with Crippen molar-refractivity contribution in [1.82, 2.24) is 30.4 Å². The Morgan fingerprint density at radius 3 is 1.07 bits per heavy atom. The number of amides is 2. The zero-order chi connectivity index (χ0) is 51.8. The van der Waals surface area contributed by atoms with E-state index in [4.69, 9.17) is 49.6 Å². The van der Waals surface area contributed by atoms with E-state index in [1.54, 1.807) is 22.7 Å². The van der Waals surface area contributed by atoms with Crippen LogP contribution in [0.3, 0.4) is 0 Å². The van der Waals surface area contributed by atoms with Crippen LogP contribution in [0, 0.1) is 13.8 Å². The average Bonchev–Trinajstić information content (AvgIpc) is 4.10. The van der Waals surface area contributed by atoms with Gasteiger partial charge in [-0.3, -0.25) is 9.59 Å². The number of benzene rings is 4. The fraction of sp³-hybridized carbons (Fsp3) is 0.333. The van der Waals surface area contributed by atoms with Gasteiger partial charge in [-0.25, -0.2) is 29.1 Å². The van der Waals surface area contributed by atoms with Crippen molar-refractivity contribution in [1.29, 1.82) is 0 Å². The Morgan fingerprint density at radius 1 is 0.466 bits per heavy atom. The second-order valence-electron chi connectivity index (χ2n) is 17.2. The Hall–Kier alpha value is -7.16. The molecule has 8 N–H and O–H groups in total. The molecule has 388 valence electrons. The first-order chi connectivity index (χ1) is 34.7. The largest absolute Gasteiger partial charge is 0.473 e. The predicted octanol–water partition coefficient (Wildman–Crippen LogP) is 8.27. The van der Waals surface area contributed by atoms with E-state index in [1.807, 2.05) is 48.5 Å². The third-order valence-electron chi connectivity index (χ3n) is 11.6. The fourth-order valence-corrected chi connectivity index (χ4v) is 9.30. The van der Waals surface area contributed by atoms with Gasteiger partial charge in [-0.2, -0.15) is 0 Å². The maximum atomic E-state index is 12.4. The molecule has 73 heavy (non-hydrogen) atoms. The molecule has 2 saturated heterocycles. The number of carboxylic acids is 4. The van der Waals surface area contributed by atoms with E-state index >= 15 is 0 Å². The monoisotopic (exact) mass is 1040 g/mol. The lowest BCUT2D eigenvalue weighted by Gasteiger charge is -2.26. The van der Waals surface area contributed by atoms with Gasteiger partial charge < -0.3 is 46.3 Å². The van der Waals surface area contributed by atoms with Gasteiger partial charge in [0.25, 0.3) is 11.8 Å². The smallest absolute Gasteiger partial charge is 0.414 e. The zero-order valence-corrected chi connectivity index (χ0v) is 42.7. The zero-order valence-electron chi connectivity index (χ0n) is 41.0. The van der Waals surface area contributed by atoms with Gasteiger partial charge in [0.05, 0.1) is 11.4 Å². The normalized spacial score (nSPS) is 13.2. The molecule has 4 aromatic carbocycles. The number of hydrogen-bond acceptors (Lipinski definition) is 12. The van der Waals surface area contributed by atoms with Crippen LogP contribution >= 0.6 is 22.7 Å². The van der Waals surface area contributed by atoms with Crippen molar-refractivity contribution in [3.05, 3.63) is 130 Å². The van der Waals surface area contributed by atoms with E-state index in [0.29, 0.717) is 11.1 Å². The Morgan fingerprint density at radius 2 is 0.767 bits per heavy atom. The van der Waals surface area contributed by atoms with Crippen LogP contribution < -0.4 is 10.6 Å². The molecule has 0 spiro atoms. The number of likely N-dealkylation sites (tertiary alicyclic amines) is 2. The number of carbonyl (C=O) groups is 6. The molecule has 4 heterocycles. The third-order valence-corrected chi connectivity index (χ3v) is 13.4. The lowest BCUT2D eigenvalue weighted by molar-refractivity contribution is -0.159. The minimum absolute atomic E-state index is 0. The van der Waals surface area contributed by atoms with Gasteiger partial charge in [-0.15, -0.1) is 22.7 Å². The highest BCUT2D eigenvalue weighted by Gasteiger charge is 2.14. The molecule has 2 fully saturated rings. The molecule has 0 bridgehead atoms. The second-order valence-corrected chi connectivity index (χ2v) is 18.9. The maximum Gasteiger partial charge on any atom is 0.414 e. The van der Waals surface area contributed by atoms with E-state index in [2.05, 4.69) is 93.6 Å². The molecule has 2 aliphatic heterocycles. The van der Waals surface area contributed by atoms with Crippen molar-refractivity contribution in [2.24, 2.45) is 0 Å². The number of rotatable bonds is 14. The van der Waals surface area contributed by atoms with E-state index in [0.717, 1.165) is 82.7 Å². The molecule has 8 rings (SSSR count). The SMILES string of the molecule is Cc1ccc(-c2nc(-c3ccc(C(=O)NCCCN4CCCCC4)cc3)cs2)cc1.Cc1ccc(-c2nc(-c3ccc(C(=O)NCCCN4CCCCC4)cc3)cs2)cc1.O.O=C(O)C(=O)O.O=C(O)C(=O)O. The molecule has 0 atom stereocenters. The molecule has 2 amide bonds.